The number of carbonyl (C=O) groups excluding carboxylic acids is 1. The van der Waals surface area contributed by atoms with Crippen LogP contribution in [0.25, 0.3) is 0 Å². The molecule has 0 atom stereocenters. The van der Waals surface area contributed by atoms with Gasteiger partial charge in [0.1, 0.15) is 5.82 Å². The van der Waals surface area contributed by atoms with Gasteiger partial charge in [0.2, 0.25) is 0 Å². The third-order valence-corrected chi connectivity index (χ3v) is 2.89. The van der Waals surface area contributed by atoms with Gasteiger partial charge in [-0.25, -0.2) is 4.39 Å². The zero-order valence-corrected chi connectivity index (χ0v) is 11.4. The summed E-state index contributed by atoms with van der Waals surface area (Å²) in [5, 5.41) is 5.51. The number of benzene rings is 2. The summed E-state index contributed by atoms with van der Waals surface area (Å²) >= 11 is 5.01. The summed E-state index contributed by atoms with van der Waals surface area (Å²) in [4.78, 5) is 11.8. The molecule has 0 aliphatic heterocycles. The fourth-order valence-electron chi connectivity index (χ4n) is 1.64. The molecule has 0 radical (unpaired) electrons. The highest BCUT2D eigenvalue weighted by atomic mass is 32.1. The quantitative estimate of drug-likeness (QED) is 0.853. The molecule has 0 bridgehead atoms. The number of rotatable bonds is 3. The van der Waals surface area contributed by atoms with E-state index in [2.05, 4.69) is 10.6 Å². The van der Waals surface area contributed by atoms with Crippen molar-refractivity contribution in [1.29, 1.82) is 0 Å². The van der Waals surface area contributed by atoms with Gasteiger partial charge in [-0.2, -0.15) is 0 Å². The largest absolute Gasteiger partial charge is 0.358 e. The standard InChI is InChI=1S/C15H13FN2OS/c16-13-9-5-4-8-12(13)14(19)18-15(20)17-10-11-6-2-1-3-7-11/h1-9H,10H2,(H2,17,18,19,20). The zero-order chi connectivity index (χ0) is 14.4. The molecule has 2 rings (SSSR count). The number of hydrogen-bond donors (Lipinski definition) is 2. The Morgan fingerprint density at radius 2 is 1.70 bits per heavy atom. The van der Waals surface area contributed by atoms with Crippen molar-refractivity contribution < 1.29 is 9.18 Å². The van der Waals surface area contributed by atoms with Crippen LogP contribution >= 0.6 is 12.2 Å². The lowest BCUT2D eigenvalue weighted by atomic mass is 10.2. The molecule has 2 aromatic rings. The Morgan fingerprint density at radius 3 is 2.40 bits per heavy atom. The maximum atomic E-state index is 13.4. The van der Waals surface area contributed by atoms with Crippen LogP contribution in [-0.2, 0) is 6.54 Å². The monoisotopic (exact) mass is 288 g/mol. The highest BCUT2D eigenvalue weighted by molar-refractivity contribution is 7.80. The van der Waals surface area contributed by atoms with E-state index in [0.29, 0.717) is 6.54 Å². The molecule has 2 aromatic carbocycles. The summed E-state index contributed by atoms with van der Waals surface area (Å²) in [6.07, 6.45) is 0. The predicted molar refractivity (Wildman–Crippen MR) is 79.7 cm³/mol. The van der Waals surface area contributed by atoms with Crippen molar-refractivity contribution in [3.63, 3.8) is 0 Å². The average Bonchev–Trinajstić information content (AvgIpc) is 2.46. The number of halogens is 1. The van der Waals surface area contributed by atoms with E-state index in [1.54, 1.807) is 6.07 Å². The lowest BCUT2D eigenvalue weighted by Gasteiger charge is -2.09. The van der Waals surface area contributed by atoms with Crippen molar-refractivity contribution in [2.75, 3.05) is 0 Å². The van der Waals surface area contributed by atoms with Crippen LogP contribution in [0.5, 0.6) is 0 Å². The zero-order valence-electron chi connectivity index (χ0n) is 10.6. The number of thiocarbonyl (C=S) groups is 1. The molecule has 0 fully saturated rings. The van der Waals surface area contributed by atoms with Crippen LogP contribution in [0.1, 0.15) is 15.9 Å². The van der Waals surface area contributed by atoms with Gasteiger partial charge < -0.3 is 5.32 Å². The van der Waals surface area contributed by atoms with E-state index in [0.717, 1.165) is 5.56 Å². The molecule has 0 saturated carbocycles. The minimum atomic E-state index is -0.573. The molecule has 0 aliphatic carbocycles. The van der Waals surface area contributed by atoms with Gasteiger partial charge in [0.05, 0.1) is 5.56 Å². The Hall–Kier alpha value is -2.27. The second-order valence-corrected chi connectivity index (χ2v) is 4.51. The fourth-order valence-corrected chi connectivity index (χ4v) is 1.80. The van der Waals surface area contributed by atoms with Crippen molar-refractivity contribution >= 4 is 23.2 Å². The topological polar surface area (TPSA) is 41.1 Å². The molecule has 0 unspecified atom stereocenters. The number of amides is 1. The van der Waals surface area contributed by atoms with Crippen molar-refractivity contribution in [2.45, 2.75) is 6.54 Å². The van der Waals surface area contributed by atoms with Gasteiger partial charge in [0, 0.05) is 6.54 Å². The Balaban J connectivity index is 1.89. The molecule has 0 saturated heterocycles. The average molecular weight is 288 g/mol. The van der Waals surface area contributed by atoms with Gasteiger partial charge in [-0.3, -0.25) is 10.1 Å². The second kappa shape index (κ2) is 6.77. The van der Waals surface area contributed by atoms with E-state index in [9.17, 15) is 9.18 Å². The van der Waals surface area contributed by atoms with E-state index in [1.807, 2.05) is 30.3 Å². The van der Waals surface area contributed by atoms with Gasteiger partial charge >= 0.3 is 0 Å². The predicted octanol–water partition coefficient (Wildman–Crippen LogP) is 2.63. The molecule has 0 aliphatic rings. The first-order valence-electron chi connectivity index (χ1n) is 6.04. The second-order valence-electron chi connectivity index (χ2n) is 4.10. The summed E-state index contributed by atoms with van der Waals surface area (Å²) in [6.45, 7) is 0.497. The number of carbonyl (C=O) groups is 1. The van der Waals surface area contributed by atoms with Crippen molar-refractivity contribution in [2.24, 2.45) is 0 Å². The fraction of sp³-hybridized carbons (Fsp3) is 0.0667. The minimum absolute atomic E-state index is 0.0311. The molecular formula is C15H13FN2OS. The van der Waals surface area contributed by atoms with E-state index in [1.165, 1.54) is 18.2 Å². The molecule has 0 heterocycles. The first-order chi connectivity index (χ1) is 9.66. The Kier molecular flexibility index (Phi) is 4.79. The highest BCUT2D eigenvalue weighted by Crippen LogP contribution is 2.05. The van der Waals surface area contributed by atoms with Crippen LogP contribution < -0.4 is 10.6 Å². The Bertz CT molecular complexity index is 616. The lowest BCUT2D eigenvalue weighted by Crippen LogP contribution is -2.39. The van der Waals surface area contributed by atoms with Crippen LogP contribution in [0.15, 0.2) is 54.6 Å². The van der Waals surface area contributed by atoms with E-state index >= 15 is 0 Å². The maximum Gasteiger partial charge on any atom is 0.260 e. The van der Waals surface area contributed by atoms with Gasteiger partial charge in [0.15, 0.2) is 5.11 Å². The molecule has 2 N–H and O–H groups in total. The highest BCUT2D eigenvalue weighted by Gasteiger charge is 2.11. The molecule has 102 valence electrons. The molecule has 3 nitrogen and oxygen atoms in total. The van der Waals surface area contributed by atoms with Gasteiger partial charge in [0.25, 0.3) is 5.91 Å². The van der Waals surface area contributed by atoms with Crippen LogP contribution in [0.4, 0.5) is 4.39 Å². The molecule has 20 heavy (non-hydrogen) atoms. The molecule has 0 spiro atoms. The van der Waals surface area contributed by atoms with Gasteiger partial charge in [-0.15, -0.1) is 0 Å². The first kappa shape index (κ1) is 14.1. The normalized spacial score (nSPS) is 9.85. The van der Waals surface area contributed by atoms with E-state index < -0.39 is 11.7 Å². The maximum absolute atomic E-state index is 13.4. The minimum Gasteiger partial charge on any atom is -0.358 e. The van der Waals surface area contributed by atoms with Crippen LogP contribution in [-0.4, -0.2) is 11.0 Å². The van der Waals surface area contributed by atoms with Crippen LogP contribution in [0, 0.1) is 5.82 Å². The Morgan fingerprint density at radius 1 is 1.05 bits per heavy atom. The first-order valence-corrected chi connectivity index (χ1v) is 6.45. The van der Waals surface area contributed by atoms with Gasteiger partial charge in [-0.05, 0) is 29.9 Å². The van der Waals surface area contributed by atoms with Crippen molar-refractivity contribution in [3.05, 3.63) is 71.5 Å². The molecular weight excluding hydrogens is 275 g/mol. The van der Waals surface area contributed by atoms with E-state index in [4.69, 9.17) is 12.2 Å². The number of nitrogens with one attached hydrogen (secondary N) is 2. The Labute approximate surface area is 121 Å². The summed E-state index contributed by atoms with van der Waals surface area (Å²) in [7, 11) is 0. The van der Waals surface area contributed by atoms with Crippen LogP contribution in [0.3, 0.4) is 0 Å². The van der Waals surface area contributed by atoms with Crippen LogP contribution in [0.2, 0.25) is 0 Å². The number of hydrogen-bond acceptors (Lipinski definition) is 2. The summed E-state index contributed by atoms with van der Waals surface area (Å²) in [6, 6.07) is 15.4. The third kappa shape index (κ3) is 3.86. The third-order valence-electron chi connectivity index (χ3n) is 2.64. The summed E-state index contributed by atoms with van der Waals surface area (Å²) in [5.41, 5.74) is 1.01. The molecule has 1 amide bonds. The van der Waals surface area contributed by atoms with Gasteiger partial charge in [-0.1, -0.05) is 42.5 Å². The van der Waals surface area contributed by atoms with Crippen molar-refractivity contribution in [1.82, 2.24) is 10.6 Å². The summed E-state index contributed by atoms with van der Waals surface area (Å²) < 4.78 is 13.4. The smallest absolute Gasteiger partial charge is 0.260 e. The molecule has 5 heteroatoms. The lowest BCUT2D eigenvalue weighted by molar-refractivity contribution is 0.0972. The van der Waals surface area contributed by atoms with Crippen molar-refractivity contribution in [3.8, 4) is 0 Å². The summed E-state index contributed by atoms with van der Waals surface area (Å²) in [5.74, 6) is -1.13. The van der Waals surface area contributed by atoms with E-state index in [-0.39, 0.29) is 10.7 Å². The SMILES string of the molecule is O=C(NC(=S)NCc1ccccc1)c1ccccc1F. The molecule has 0 aromatic heterocycles.